The number of nitrogens with zero attached hydrogens (tertiary/aromatic N) is 3. The van der Waals surface area contributed by atoms with E-state index in [0.29, 0.717) is 24.4 Å². The van der Waals surface area contributed by atoms with E-state index in [4.69, 9.17) is 0 Å². The molecule has 0 bridgehead atoms. The second kappa shape index (κ2) is 9.68. The van der Waals surface area contributed by atoms with Crippen molar-refractivity contribution in [3.05, 3.63) is 58.0 Å². The number of hydrogen-bond donors (Lipinski definition) is 1. The van der Waals surface area contributed by atoms with E-state index in [2.05, 4.69) is 10.3 Å². The number of thioether (sulfide) groups is 1. The number of halogens is 1. The van der Waals surface area contributed by atoms with Crippen molar-refractivity contribution in [3.8, 4) is 0 Å². The first-order valence-corrected chi connectivity index (χ1v) is 11.4. The molecule has 0 aliphatic carbocycles. The highest BCUT2D eigenvalue weighted by molar-refractivity contribution is 8.16. The first-order chi connectivity index (χ1) is 14.8. The van der Waals surface area contributed by atoms with Crippen LogP contribution in [0.2, 0.25) is 0 Å². The molecule has 8 heteroatoms. The smallest absolute Gasteiger partial charge is 0.254 e. The third-order valence-corrected chi connectivity index (χ3v) is 6.15. The number of aliphatic imine (C=N–C) groups is 1. The summed E-state index contributed by atoms with van der Waals surface area (Å²) in [6.45, 7) is 10.7. The molecule has 6 nitrogen and oxygen atoms in total. The van der Waals surface area contributed by atoms with Crippen molar-refractivity contribution in [1.29, 1.82) is 0 Å². The standard InChI is InChI=1S/C23H29FN4O2S/c1-6-27(7-2)22(30)20-15(5)26-23-28(21(20)16-8-10-17(24)11-9-16)18(13-31-23)12-19(29)25-14(3)4/h8-11,13-14,21H,6-7,12H2,1-5H3,(H,25,29). The maximum absolute atomic E-state index is 13.7. The molecule has 1 N–H and O–H groups in total. The van der Waals surface area contributed by atoms with Crippen LogP contribution in [0.1, 0.15) is 52.6 Å². The molecule has 31 heavy (non-hydrogen) atoms. The topological polar surface area (TPSA) is 65.0 Å². The number of carbonyl (C=O) groups is 2. The van der Waals surface area contributed by atoms with Gasteiger partial charge in [-0.3, -0.25) is 9.59 Å². The van der Waals surface area contributed by atoms with Crippen LogP contribution in [0, 0.1) is 5.82 Å². The lowest BCUT2D eigenvalue weighted by Gasteiger charge is -2.38. The number of hydrogen-bond acceptors (Lipinski definition) is 5. The average molecular weight is 445 g/mol. The number of allylic oxidation sites excluding steroid dienone is 1. The highest BCUT2D eigenvalue weighted by atomic mass is 32.2. The number of amidine groups is 1. The lowest BCUT2D eigenvalue weighted by Crippen LogP contribution is -2.42. The zero-order valence-electron chi connectivity index (χ0n) is 18.6. The summed E-state index contributed by atoms with van der Waals surface area (Å²) in [6.07, 6.45) is 0.174. The van der Waals surface area contributed by atoms with E-state index in [9.17, 15) is 14.0 Å². The fourth-order valence-corrected chi connectivity index (χ4v) is 4.79. The van der Waals surface area contributed by atoms with Gasteiger partial charge >= 0.3 is 0 Å². The highest BCUT2D eigenvalue weighted by Crippen LogP contribution is 2.45. The molecule has 1 aromatic rings. The molecule has 0 saturated carbocycles. The van der Waals surface area contributed by atoms with E-state index in [0.717, 1.165) is 16.4 Å². The van der Waals surface area contributed by atoms with Gasteiger partial charge in [0, 0.05) is 24.8 Å². The van der Waals surface area contributed by atoms with Gasteiger partial charge in [0.1, 0.15) is 5.82 Å². The minimum absolute atomic E-state index is 0.0338. The van der Waals surface area contributed by atoms with Gasteiger partial charge in [0.15, 0.2) is 5.17 Å². The summed E-state index contributed by atoms with van der Waals surface area (Å²) < 4.78 is 13.7. The molecular weight excluding hydrogens is 415 g/mol. The van der Waals surface area contributed by atoms with Gasteiger partial charge in [0.2, 0.25) is 5.91 Å². The number of fused-ring (bicyclic) bond motifs is 1. The zero-order chi connectivity index (χ0) is 22.7. The number of amides is 2. The van der Waals surface area contributed by atoms with E-state index < -0.39 is 6.04 Å². The summed E-state index contributed by atoms with van der Waals surface area (Å²) >= 11 is 1.43. The highest BCUT2D eigenvalue weighted by Gasteiger charge is 2.41. The molecule has 1 atom stereocenters. The monoisotopic (exact) mass is 444 g/mol. The van der Waals surface area contributed by atoms with Crippen molar-refractivity contribution >= 4 is 28.7 Å². The number of benzene rings is 1. The average Bonchev–Trinajstić information content (AvgIpc) is 3.09. The van der Waals surface area contributed by atoms with Gasteiger partial charge < -0.3 is 15.1 Å². The molecule has 2 heterocycles. The van der Waals surface area contributed by atoms with Crippen molar-refractivity contribution in [3.63, 3.8) is 0 Å². The Morgan fingerprint density at radius 1 is 1.23 bits per heavy atom. The maximum Gasteiger partial charge on any atom is 0.254 e. The van der Waals surface area contributed by atoms with Crippen LogP contribution >= 0.6 is 11.8 Å². The van der Waals surface area contributed by atoms with Crippen LogP contribution < -0.4 is 5.32 Å². The van der Waals surface area contributed by atoms with Crippen molar-refractivity contribution in [1.82, 2.24) is 15.1 Å². The van der Waals surface area contributed by atoms with Crippen molar-refractivity contribution < 1.29 is 14.0 Å². The molecule has 0 fully saturated rings. The first-order valence-electron chi connectivity index (χ1n) is 10.5. The normalized spacial score (nSPS) is 18.0. The molecule has 0 aromatic heterocycles. The molecule has 1 aromatic carbocycles. The number of rotatable bonds is 7. The Balaban J connectivity index is 2.06. The lowest BCUT2D eigenvalue weighted by molar-refractivity contribution is -0.127. The number of likely N-dealkylation sites (N-methyl/N-ethyl adjacent to an activating group) is 1. The summed E-state index contributed by atoms with van der Waals surface area (Å²) in [5.41, 5.74) is 2.75. The minimum atomic E-state index is -0.478. The van der Waals surface area contributed by atoms with Crippen LogP contribution in [0.3, 0.4) is 0 Å². The molecule has 3 rings (SSSR count). The van der Waals surface area contributed by atoms with Crippen LogP contribution in [0.4, 0.5) is 4.39 Å². The van der Waals surface area contributed by atoms with Crippen molar-refractivity contribution in [2.24, 2.45) is 4.99 Å². The number of nitrogens with one attached hydrogen (secondary N) is 1. The quantitative estimate of drug-likeness (QED) is 0.685. The van der Waals surface area contributed by atoms with E-state index in [-0.39, 0.29) is 30.1 Å². The maximum atomic E-state index is 13.7. The van der Waals surface area contributed by atoms with E-state index in [1.54, 1.807) is 17.0 Å². The van der Waals surface area contributed by atoms with E-state index >= 15 is 0 Å². The third kappa shape index (κ3) is 4.84. The van der Waals surface area contributed by atoms with Gasteiger partial charge in [-0.15, -0.1) is 0 Å². The molecule has 1 unspecified atom stereocenters. The van der Waals surface area contributed by atoms with Crippen LogP contribution in [-0.2, 0) is 9.59 Å². The van der Waals surface area contributed by atoms with E-state index in [1.807, 2.05) is 44.9 Å². The number of carbonyl (C=O) groups excluding carboxylic acids is 2. The second-order valence-electron chi connectivity index (χ2n) is 7.82. The fraction of sp³-hybridized carbons (Fsp3) is 0.435. The SMILES string of the molecule is CCN(CC)C(=O)C1=C(C)N=C2SC=C(CC(=O)NC(C)C)N2C1c1ccc(F)cc1. The van der Waals surface area contributed by atoms with Crippen molar-refractivity contribution in [2.75, 3.05) is 13.1 Å². The Bertz CT molecular complexity index is 949. The van der Waals surface area contributed by atoms with Crippen molar-refractivity contribution in [2.45, 2.75) is 53.1 Å². The Morgan fingerprint density at radius 3 is 2.45 bits per heavy atom. The molecule has 0 radical (unpaired) electrons. The summed E-state index contributed by atoms with van der Waals surface area (Å²) in [4.78, 5) is 34.4. The van der Waals surface area contributed by atoms with Gasteiger partial charge in [-0.05, 0) is 57.7 Å². The summed E-state index contributed by atoms with van der Waals surface area (Å²) in [5.74, 6) is -0.528. The predicted octanol–water partition coefficient (Wildman–Crippen LogP) is 4.18. The zero-order valence-corrected chi connectivity index (χ0v) is 19.4. The third-order valence-electron chi connectivity index (χ3n) is 5.26. The summed E-state index contributed by atoms with van der Waals surface area (Å²) in [5, 5.41) is 5.54. The summed E-state index contributed by atoms with van der Waals surface area (Å²) in [6, 6.07) is 5.74. The Hall–Kier alpha value is -2.61. The van der Waals surface area contributed by atoms with Gasteiger partial charge in [-0.1, -0.05) is 23.9 Å². The van der Waals surface area contributed by atoms with Gasteiger partial charge in [0.05, 0.1) is 23.7 Å². The van der Waals surface area contributed by atoms with Gasteiger partial charge in [-0.25, -0.2) is 9.38 Å². The molecule has 166 valence electrons. The Labute approximate surface area is 187 Å². The lowest BCUT2D eigenvalue weighted by atomic mass is 9.92. The Morgan fingerprint density at radius 2 is 1.87 bits per heavy atom. The largest absolute Gasteiger partial charge is 0.354 e. The second-order valence-corrected chi connectivity index (χ2v) is 8.66. The fourth-order valence-electron chi connectivity index (χ4n) is 3.82. The molecule has 0 saturated heterocycles. The van der Waals surface area contributed by atoms with Gasteiger partial charge in [-0.2, -0.15) is 0 Å². The first kappa shape index (κ1) is 23.1. The van der Waals surface area contributed by atoms with Gasteiger partial charge in [0.25, 0.3) is 5.91 Å². The molecule has 2 amide bonds. The minimum Gasteiger partial charge on any atom is -0.354 e. The predicted molar refractivity (Wildman–Crippen MR) is 123 cm³/mol. The molecule has 2 aliphatic rings. The molecule has 0 spiro atoms. The van der Waals surface area contributed by atoms with Crippen LogP contribution in [-0.4, -0.2) is 45.9 Å². The van der Waals surface area contributed by atoms with E-state index in [1.165, 1.54) is 23.9 Å². The van der Waals surface area contributed by atoms with Crippen LogP contribution in [0.25, 0.3) is 0 Å². The summed E-state index contributed by atoms with van der Waals surface area (Å²) in [7, 11) is 0. The molecule has 2 aliphatic heterocycles. The Kier molecular flexibility index (Phi) is 7.20. The molecular formula is C23H29FN4O2S. The van der Waals surface area contributed by atoms with Crippen LogP contribution in [0.5, 0.6) is 0 Å². The van der Waals surface area contributed by atoms with Crippen LogP contribution in [0.15, 0.2) is 51.6 Å².